The van der Waals surface area contributed by atoms with Gasteiger partial charge in [-0.05, 0) is 18.6 Å². The van der Waals surface area contributed by atoms with E-state index in [0.717, 1.165) is 17.0 Å². The third-order valence-corrected chi connectivity index (χ3v) is 2.53. The highest BCUT2D eigenvalue weighted by atomic mass is 16.4. The predicted octanol–water partition coefficient (Wildman–Crippen LogP) is 1.87. The van der Waals surface area contributed by atoms with Crippen molar-refractivity contribution in [2.45, 2.75) is 6.92 Å². The molecule has 0 bridgehead atoms. The molecule has 1 aromatic heterocycles. The Labute approximate surface area is 97.4 Å². The van der Waals surface area contributed by atoms with Gasteiger partial charge in [-0.15, -0.1) is 0 Å². The number of fused-ring (bicyclic) bond motifs is 1. The molecule has 2 aromatic rings. The van der Waals surface area contributed by atoms with Crippen molar-refractivity contribution in [2.75, 3.05) is 0 Å². The van der Waals surface area contributed by atoms with E-state index in [9.17, 15) is 9.59 Å². The van der Waals surface area contributed by atoms with Crippen LogP contribution >= 0.6 is 0 Å². The Bertz CT molecular complexity index is 668. The number of carboxylic acid groups (broad SMARTS) is 1. The summed E-state index contributed by atoms with van der Waals surface area (Å²) in [6.07, 6.45) is 2.22. The molecule has 0 aliphatic rings. The van der Waals surface area contributed by atoms with E-state index in [2.05, 4.69) is 0 Å². The minimum Gasteiger partial charge on any atom is -0.478 e. The van der Waals surface area contributed by atoms with E-state index in [1.54, 1.807) is 6.07 Å². The van der Waals surface area contributed by atoms with E-state index >= 15 is 0 Å². The first-order chi connectivity index (χ1) is 8.09. The zero-order chi connectivity index (χ0) is 12.4. The molecule has 2 rings (SSSR count). The normalized spacial score (nSPS) is 11.1. The number of hydrogen-bond donors (Lipinski definition) is 1. The number of para-hydroxylation sites is 1. The van der Waals surface area contributed by atoms with Crippen LogP contribution in [0.4, 0.5) is 0 Å². The first kappa shape index (κ1) is 11.1. The summed E-state index contributed by atoms with van der Waals surface area (Å²) in [5.74, 6) is -1.08. The van der Waals surface area contributed by atoms with Gasteiger partial charge in [0, 0.05) is 23.7 Å². The molecule has 0 aliphatic heterocycles. The van der Waals surface area contributed by atoms with Gasteiger partial charge in [-0.25, -0.2) is 4.79 Å². The molecule has 4 heteroatoms. The lowest BCUT2D eigenvalue weighted by atomic mass is 10.1. The Kier molecular flexibility index (Phi) is 2.78. The number of aliphatic carboxylic acids is 1. The minimum absolute atomic E-state index is 0.237. The van der Waals surface area contributed by atoms with Gasteiger partial charge in [-0.3, -0.25) is 9.36 Å². The van der Waals surface area contributed by atoms with Crippen LogP contribution in [-0.2, 0) is 4.79 Å². The fourth-order valence-corrected chi connectivity index (χ4v) is 1.76. The van der Waals surface area contributed by atoms with Gasteiger partial charge in [0.15, 0.2) is 0 Å². The zero-order valence-corrected chi connectivity index (χ0v) is 9.25. The van der Waals surface area contributed by atoms with Crippen LogP contribution in [0.2, 0.25) is 0 Å². The van der Waals surface area contributed by atoms with Crippen LogP contribution in [0, 0.1) is 6.92 Å². The molecule has 86 valence electrons. The average molecular weight is 229 g/mol. The van der Waals surface area contributed by atoms with Crippen molar-refractivity contribution >= 4 is 23.1 Å². The molecule has 0 fully saturated rings. The van der Waals surface area contributed by atoms with Crippen LogP contribution in [-0.4, -0.2) is 15.6 Å². The van der Waals surface area contributed by atoms with Crippen LogP contribution in [0.15, 0.2) is 41.2 Å². The second kappa shape index (κ2) is 4.25. The number of nitrogens with zero attached hydrogens (tertiary/aromatic N) is 1. The Morgan fingerprint density at radius 1 is 1.35 bits per heavy atom. The first-order valence-electron chi connectivity index (χ1n) is 5.11. The number of aromatic nitrogens is 1. The molecule has 1 aromatic carbocycles. The SMILES string of the molecule is Cc1cc(=O)n(/C=C/C(=O)O)c2ccccc12. The Balaban J connectivity index is 2.78. The van der Waals surface area contributed by atoms with Crippen molar-refractivity contribution < 1.29 is 9.90 Å². The molecule has 1 N–H and O–H groups in total. The predicted molar refractivity (Wildman–Crippen MR) is 65.9 cm³/mol. The van der Waals surface area contributed by atoms with Crippen molar-refractivity contribution in [2.24, 2.45) is 0 Å². The lowest BCUT2D eigenvalue weighted by Crippen LogP contribution is -2.15. The van der Waals surface area contributed by atoms with E-state index in [-0.39, 0.29) is 5.56 Å². The molecule has 0 radical (unpaired) electrons. The molecule has 0 aliphatic carbocycles. The van der Waals surface area contributed by atoms with E-state index in [0.29, 0.717) is 5.52 Å². The van der Waals surface area contributed by atoms with Gasteiger partial charge in [0.25, 0.3) is 5.56 Å². The number of hydrogen-bond acceptors (Lipinski definition) is 2. The molecule has 0 atom stereocenters. The number of benzene rings is 1. The molecule has 0 amide bonds. The summed E-state index contributed by atoms with van der Waals surface area (Å²) in [4.78, 5) is 22.3. The standard InChI is InChI=1S/C13H11NO3/c1-9-8-12(15)14(7-6-13(16)17)11-5-3-2-4-10(9)11/h2-8H,1H3,(H,16,17)/b7-6+. The van der Waals surface area contributed by atoms with Gasteiger partial charge in [-0.2, -0.15) is 0 Å². The summed E-state index contributed by atoms with van der Waals surface area (Å²) in [6.45, 7) is 1.86. The maximum atomic E-state index is 11.8. The van der Waals surface area contributed by atoms with Gasteiger partial charge < -0.3 is 5.11 Å². The summed E-state index contributed by atoms with van der Waals surface area (Å²) in [5, 5.41) is 9.52. The third kappa shape index (κ3) is 2.10. The molecule has 0 spiro atoms. The summed E-state index contributed by atoms with van der Waals surface area (Å²) >= 11 is 0. The van der Waals surface area contributed by atoms with Gasteiger partial charge >= 0.3 is 5.97 Å². The van der Waals surface area contributed by atoms with Gasteiger partial charge in [-0.1, -0.05) is 18.2 Å². The van der Waals surface area contributed by atoms with Crippen molar-refractivity contribution in [1.82, 2.24) is 4.57 Å². The summed E-state index contributed by atoms with van der Waals surface area (Å²) in [6, 6.07) is 8.87. The molecular weight excluding hydrogens is 218 g/mol. The highest BCUT2D eigenvalue weighted by molar-refractivity contribution is 5.87. The average Bonchev–Trinajstić information content (AvgIpc) is 2.28. The number of aryl methyl sites for hydroxylation is 1. The fraction of sp³-hybridized carbons (Fsp3) is 0.0769. The number of carboxylic acids is 1. The number of rotatable bonds is 2. The van der Waals surface area contributed by atoms with Crippen LogP contribution in [0.3, 0.4) is 0 Å². The second-order valence-corrected chi connectivity index (χ2v) is 3.71. The Morgan fingerprint density at radius 2 is 2.06 bits per heavy atom. The van der Waals surface area contributed by atoms with E-state index in [1.165, 1.54) is 16.8 Å². The number of pyridine rings is 1. The molecule has 0 saturated carbocycles. The maximum absolute atomic E-state index is 11.8. The van der Waals surface area contributed by atoms with E-state index in [4.69, 9.17) is 5.11 Å². The first-order valence-corrected chi connectivity index (χ1v) is 5.11. The van der Waals surface area contributed by atoms with Crippen molar-refractivity contribution in [3.8, 4) is 0 Å². The Morgan fingerprint density at radius 3 is 2.76 bits per heavy atom. The van der Waals surface area contributed by atoms with E-state index in [1.807, 2.05) is 25.1 Å². The monoisotopic (exact) mass is 229 g/mol. The van der Waals surface area contributed by atoms with Crippen LogP contribution in [0.25, 0.3) is 17.1 Å². The number of carbonyl (C=O) groups is 1. The molecular formula is C13H11NO3. The lowest BCUT2D eigenvalue weighted by molar-refractivity contribution is -0.131. The van der Waals surface area contributed by atoms with Crippen molar-refractivity contribution in [1.29, 1.82) is 0 Å². The van der Waals surface area contributed by atoms with Crippen molar-refractivity contribution in [3.05, 3.63) is 52.3 Å². The highest BCUT2D eigenvalue weighted by Crippen LogP contribution is 2.15. The molecule has 1 heterocycles. The van der Waals surface area contributed by atoms with Gasteiger partial charge in [0.05, 0.1) is 5.52 Å². The fourth-order valence-electron chi connectivity index (χ4n) is 1.76. The summed E-state index contributed by atoms with van der Waals surface area (Å²) in [5.41, 5.74) is 1.35. The summed E-state index contributed by atoms with van der Waals surface area (Å²) in [7, 11) is 0. The summed E-state index contributed by atoms with van der Waals surface area (Å²) < 4.78 is 1.33. The minimum atomic E-state index is -1.08. The van der Waals surface area contributed by atoms with Crippen molar-refractivity contribution in [3.63, 3.8) is 0 Å². The van der Waals surface area contributed by atoms with E-state index < -0.39 is 5.97 Å². The van der Waals surface area contributed by atoms with Gasteiger partial charge in [0.1, 0.15) is 0 Å². The second-order valence-electron chi connectivity index (χ2n) is 3.71. The third-order valence-electron chi connectivity index (χ3n) is 2.53. The molecule has 0 unspecified atom stereocenters. The molecule has 0 saturated heterocycles. The largest absolute Gasteiger partial charge is 0.478 e. The van der Waals surface area contributed by atoms with Crippen LogP contribution in [0.1, 0.15) is 5.56 Å². The van der Waals surface area contributed by atoms with Crippen LogP contribution < -0.4 is 5.56 Å². The highest BCUT2D eigenvalue weighted by Gasteiger charge is 2.03. The zero-order valence-electron chi connectivity index (χ0n) is 9.25. The molecule has 4 nitrogen and oxygen atoms in total. The Hall–Kier alpha value is -2.36. The molecule has 17 heavy (non-hydrogen) atoms. The maximum Gasteiger partial charge on any atom is 0.329 e. The topological polar surface area (TPSA) is 59.3 Å². The van der Waals surface area contributed by atoms with Gasteiger partial charge in [0.2, 0.25) is 0 Å². The smallest absolute Gasteiger partial charge is 0.329 e. The lowest BCUT2D eigenvalue weighted by Gasteiger charge is -2.07. The van der Waals surface area contributed by atoms with Crippen LogP contribution in [0.5, 0.6) is 0 Å². The quantitative estimate of drug-likeness (QED) is 0.799.